The molecule has 3 aromatic rings. The first-order valence-electron chi connectivity index (χ1n) is 9.90. The Bertz CT molecular complexity index is 1120. The van der Waals surface area contributed by atoms with Gasteiger partial charge < -0.3 is 15.2 Å². The molecule has 0 spiro atoms. The number of fused-ring (bicyclic) bond motifs is 3. The van der Waals surface area contributed by atoms with Gasteiger partial charge in [0.2, 0.25) is 0 Å². The number of amides is 1. The van der Waals surface area contributed by atoms with E-state index in [1.165, 1.54) is 0 Å². The van der Waals surface area contributed by atoms with Gasteiger partial charge >= 0.3 is 12.1 Å². The van der Waals surface area contributed by atoms with Crippen molar-refractivity contribution >= 4 is 12.1 Å². The first kappa shape index (κ1) is 20.2. The van der Waals surface area contributed by atoms with Crippen LogP contribution in [0.5, 0.6) is 0 Å². The number of carboxylic acid groups (broad SMARTS) is 1. The summed E-state index contributed by atoms with van der Waals surface area (Å²) < 4.78 is 5.52. The number of benzene rings is 3. The van der Waals surface area contributed by atoms with Gasteiger partial charge in [0.15, 0.2) is 0 Å². The molecule has 4 rings (SSSR count). The van der Waals surface area contributed by atoms with E-state index in [1.807, 2.05) is 42.5 Å². The lowest BCUT2D eigenvalue weighted by atomic mass is 9.98. The van der Waals surface area contributed by atoms with E-state index in [1.54, 1.807) is 24.3 Å². The fourth-order valence-corrected chi connectivity index (χ4v) is 4.00. The number of nitrogens with one attached hydrogen (secondary N) is 1. The van der Waals surface area contributed by atoms with Crippen LogP contribution in [0.15, 0.2) is 72.8 Å². The molecule has 0 radical (unpaired) electrons. The summed E-state index contributed by atoms with van der Waals surface area (Å²) >= 11 is 0. The number of hydrogen-bond donors (Lipinski definition) is 2. The van der Waals surface area contributed by atoms with Crippen molar-refractivity contribution in [3.8, 4) is 17.2 Å². The molecule has 0 bridgehead atoms. The number of carboxylic acids is 1. The van der Waals surface area contributed by atoms with Crippen LogP contribution in [-0.4, -0.2) is 23.8 Å². The van der Waals surface area contributed by atoms with Crippen molar-refractivity contribution in [2.45, 2.75) is 18.4 Å². The van der Waals surface area contributed by atoms with Crippen molar-refractivity contribution in [2.75, 3.05) is 6.61 Å². The van der Waals surface area contributed by atoms with Crippen molar-refractivity contribution in [3.05, 3.63) is 95.1 Å². The van der Waals surface area contributed by atoms with Gasteiger partial charge in [0.05, 0.1) is 24.1 Å². The monoisotopic (exact) mass is 412 g/mol. The maximum absolute atomic E-state index is 12.5. The molecule has 0 aliphatic heterocycles. The third-order valence-corrected chi connectivity index (χ3v) is 5.46. The average Bonchev–Trinajstić information content (AvgIpc) is 3.11. The second-order valence-corrected chi connectivity index (χ2v) is 7.35. The van der Waals surface area contributed by atoms with Gasteiger partial charge in [-0.25, -0.2) is 4.79 Å². The number of nitriles is 1. The maximum atomic E-state index is 12.5. The Morgan fingerprint density at radius 1 is 0.968 bits per heavy atom. The molecule has 31 heavy (non-hydrogen) atoms. The van der Waals surface area contributed by atoms with Crippen LogP contribution in [0.1, 0.15) is 40.6 Å². The molecule has 2 N–H and O–H groups in total. The van der Waals surface area contributed by atoms with Crippen LogP contribution in [0.25, 0.3) is 11.1 Å². The van der Waals surface area contributed by atoms with E-state index in [-0.39, 0.29) is 18.9 Å². The zero-order valence-electron chi connectivity index (χ0n) is 16.6. The molecule has 0 saturated heterocycles. The highest BCUT2D eigenvalue weighted by Crippen LogP contribution is 2.44. The van der Waals surface area contributed by atoms with Crippen molar-refractivity contribution in [3.63, 3.8) is 0 Å². The van der Waals surface area contributed by atoms with Crippen molar-refractivity contribution < 1.29 is 19.4 Å². The minimum Gasteiger partial charge on any atom is -0.481 e. The summed E-state index contributed by atoms with van der Waals surface area (Å²) in [5, 5.41) is 20.8. The fourth-order valence-electron chi connectivity index (χ4n) is 4.00. The molecule has 0 heterocycles. The van der Waals surface area contributed by atoms with Gasteiger partial charge in [0, 0.05) is 5.92 Å². The molecule has 1 amide bonds. The predicted molar refractivity (Wildman–Crippen MR) is 114 cm³/mol. The van der Waals surface area contributed by atoms with E-state index in [0.717, 1.165) is 22.3 Å². The van der Waals surface area contributed by atoms with Crippen molar-refractivity contribution in [1.82, 2.24) is 5.32 Å². The average molecular weight is 412 g/mol. The molecule has 0 fully saturated rings. The number of aliphatic carboxylic acids is 1. The number of carbonyl (C=O) groups is 2. The van der Waals surface area contributed by atoms with Crippen LogP contribution in [-0.2, 0) is 9.53 Å². The lowest BCUT2D eigenvalue weighted by Gasteiger charge is -2.19. The van der Waals surface area contributed by atoms with Gasteiger partial charge in [-0.1, -0.05) is 60.7 Å². The highest BCUT2D eigenvalue weighted by atomic mass is 16.5. The molecule has 0 saturated carbocycles. The van der Waals surface area contributed by atoms with Crippen LogP contribution < -0.4 is 5.32 Å². The van der Waals surface area contributed by atoms with E-state index >= 15 is 0 Å². The Morgan fingerprint density at radius 2 is 1.55 bits per heavy atom. The van der Waals surface area contributed by atoms with Crippen LogP contribution in [0.2, 0.25) is 0 Å². The normalized spacial score (nSPS) is 12.9. The standard InChI is InChI=1S/C25H20N2O4/c26-14-16-9-11-17(12-10-16)23(13-24(28)29)27-25(30)31-15-22-20-7-3-1-5-18(20)19-6-2-4-8-21(19)22/h1-12,22-23H,13,15H2,(H,27,30)(H,28,29)/t23-/m1/s1. The highest BCUT2D eigenvalue weighted by Gasteiger charge is 2.29. The Kier molecular flexibility index (Phi) is 5.67. The lowest BCUT2D eigenvalue weighted by molar-refractivity contribution is -0.137. The SMILES string of the molecule is N#Cc1ccc([C@@H](CC(=O)O)NC(=O)OCC2c3ccccc3-c3ccccc32)cc1. The van der Waals surface area contributed by atoms with E-state index in [0.29, 0.717) is 11.1 Å². The van der Waals surface area contributed by atoms with E-state index < -0.39 is 18.1 Å². The summed E-state index contributed by atoms with van der Waals surface area (Å²) in [4.78, 5) is 23.8. The Labute approximate surface area is 179 Å². The van der Waals surface area contributed by atoms with Gasteiger partial charge in [-0.3, -0.25) is 4.79 Å². The lowest BCUT2D eigenvalue weighted by Crippen LogP contribution is -2.31. The summed E-state index contributed by atoms with van der Waals surface area (Å²) in [6, 6.07) is 23.8. The third-order valence-electron chi connectivity index (χ3n) is 5.46. The number of hydrogen-bond acceptors (Lipinski definition) is 4. The van der Waals surface area contributed by atoms with Gasteiger partial charge in [-0.05, 0) is 39.9 Å². The Morgan fingerprint density at radius 3 is 2.10 bits per heavy atom. The molecule has 3 aromatic carbocycles. The number of nitrogens with zero attached hydrogens (tertiary/aromatic N) is 1. The molecule has 6 heteroatoms. The quantitative estimate of drug-likeness (QED) is 0.616. The largest absolute Gasteiger partial charge is 0.481 e. The molecule has 1 aliphatic rings. The summed E-state index contributed by atoms with van der Waals surface area (Å²) in [5.41, 5.74) is 5.52. The zero-order valence-corrected chi connectivity index (χ0v) is 16.6. The number of alkyl carbamates (subject to hydrolysis) is 1. The Hall–Kier alpha value is -4.11. The second kappa shape index (κ2) is 8.72. The summed E-state index contributed by atoms with van der Waals surface area (Å²) in [6.45, 7) is 0.146. The van der Waals surface area contributed by atoms with Crippen molar-refractivity contribution in [2.24, 2.45) is 0 Å². The van der Waals surface area contributed by atoms with Crippen LogP contribution in [0, 0.1) is 11.3 Å². The van der Waals surface area contributed by atoms with Crippen LogP contribution >= 0.6 is 0 Å². The minimum atomic E-state index is -1.05. The highest BCUT2D eigenvalue weighted by molar-refractivity contribution is 5.79. The maximum Gasteiger partial charge on any atom is 0.407 e. The van der Waals surface area contributed by atoms with Gasteiger partial charge in [-0.15, -0.1) is 0 Å². The number of carbonyl (C=O) groups excluding carboxylic acids is 1. The molecule has 1 aliphatic carbocycles. The topological polar surface area (TPSA) is 99.4 Å². The first-order chi connectivity index (χ1) is 15.1. The van der Waals surface area contributed by atoms with E-state index in [2.05, 4.69) is 17.4 Å². The molecular weight excluding hydrogens is 392 g/mol. The molecular formula is C25H20N2O4. The van der Waals surface area contributed by atoms with Gasteiger partial charge in [0.25, 0.3) is 0 Å². The first-order valence-corrected chi connectivity index (χ1v) is 9.90. The zero-order chi connectivity index (χ0) is 21.8. The molecule has 0 aromatic heterocycles. The number of rotatable bonds is 6. The number of ether oxygens (including phenoxy) is 1. The second-order valence-electron chi connectivity index (χ2n) is 7.35. The Balaban J connectivity index is 1.47. The van der Waals surface area contributed by atoms with Gasteiger partial charge in [-0.2, -0.15) is 5.26 Å². The molecule has 1 atom stereocenters. The minimum absolute atomic E-state index is 0.0778. The smallest absolute Gasteiger partial charge is 0.407 e. The van der Waals surface area contributed by atoms with Crippen LogP contribution in [0.4, 0.5) is 4.79 Å². The molecule has 0 unspecified atom stereocenters. The third kappa shape index (κ3) is 4.26. The van der Waals surface area contributed by atoms with E-state index in [4.69, 9.17) is 10.00 Å². The van der Waals surface area contributed by atoms with Gasteiger partial charge in [0.1, 0.15) is 6.61 Å². The van der Waals surface area contributed by atoms with E-state index in [9.17, 15) is 14.7 Å². The predicted octanol–water partition coefficient (Wildman–Crippen LogP) is 4.61. The molecule has 6 nitrogen and oxygen atoms in total. The fraction of sp³-hybridized carbons (Fsp3) is 0.160. The summed E-state index contributed by atoms with van der Waals surface area (Å²) in [7, 11) is 0. The summed E-state index contributed by atoms with van der Waals surface area (Å²) in [5.74, 6) is -1.13. The van der Waals surface area contributed by atoms with Crippen LogP contribution in [0.3, 0.4) is 0 Å². The summed E-state index contributed by atoms with van der Waals surface area (Å²) in [6.07, 6.45) is -0.978. The van der Waals surface area contributed by atoms with Crippen molar-refractivity contribution in [1.29, 1.82) is 5.26 Å². The molecule has 154 valence electrons.